The maximum atomic E-state index is 13.2. The zero-order valence-corrected chi connectivity index (χ0v) is 14.9. The smallest absolute Gasteiger partial charge is 0.411 e. The number of guanidine groups is 1. The van der Waals surface area contributed by atoms with Crippen LogP contribution in [0.2, 0.25) is 0 Å². The Kier molecular flexibility index (Phi) is 7.42. The lowest BCUT2D eigenvalue weighted by atomic mass is 10.1. The van der Waals surface area contributed by atoms with E-state index in [1.165, 1.54) is 19.2 Å². The van der Waals surface area contributed by atoms with Crippen LogP contribution in [0.5, 0.6) is 0 Å². The molecule has 0 atom stereocenters. The van der Waals surface area contributed by atoms with Crippen LogP contribution in [0, 0.1) is 5.82 Å². The predicted molar refractivity (Wildman–Crippen MR) is 101 cm³/mol. The summed E-state index contributed by atoms with van der Waals surface area (Å²) < 4.78 is 17.7. The Morgan fingerprint density at radius 2 is 1.88 bits per heavy atom. The van der Waals surface area contributed by atoms with Gasteiger partial charge in [0.1, 0.15) is 5.82 Å². The third-order valence-corrected chi connectivity index (χ3v) is 3.66. The van der Waals surface area contributed by atoms with E-state index in [1.54, 1.807) is 25.2 Å². The summed E-state index contributed by atoms with van der Waals surface area (Å²) in [6.07, 6.45) is 0.200. The van der Waals surface area contributed by atoms with Crippen LogP contribution in [0.15, 0.2) is 53.5 Å². The molecule has 0 bridgehead atoms. The number of hydrogen-bond donors (Lipinski definition) is 3. The molecule has 3 N–H and O–H groups in total. The van der Waals surface area contributed by atoms with Crippen LogP contribution >= 0.6 is 0 Å². The Hall–Kier alpha value is -3.09. The molecule has 0 aliphatic rings. The van der Waals surface area contributed by atoms with Crippen molar-refractivity contribution in [3.05, 3.63) is 65.5 Å². The number of carbonyl (C=O) groups is 1. The summed E-state index contributed by atoms with van der Waals surface area (Å²) in [5.41, 5.74) is 2.63. The van der Waals surface area contributed by atoms with Crippen molar-refractivity contribution in [3.8, 4) is 0 Å². The van der Waals surface area contributed by atoms with Gasteiger partial charge in [0.15, 0.2) is 5.96 Å². The molecule has 2 aromatic carbocycles. The zero-order chi connectivity index (χ0) is 18.8. The van der Waals surface area contributed by atoms with Crippen LogP contribution in [0.3, 0.4) is 0 Å². The molecule has 1 amide bonds. The highest BCUT2D eigenvalue weighted by atomic mass is 19.1. The number of nitrogens with zero attached hydrogens (tertiary/aromatic N) is 1. The van der Waals surface area contributed by atoms with E-state index < -0.39 is 6.09 Å². The van der Waals surface area contributed by atoms with Gasteiger partial charge in [0.2, 0.25) is 0 Å². The first-order chi connectivity index (χ1) is 12.6. The molecule has 0 radical (unpaired) electrons. The topological polar surface area (TPSA) is 74.8 Å². The molecular weight excluding hydrogens is 335 g/mol. The van der Waals surface area contributed by atoms with Crippen molar-refractivity contribution >= 4 is 17.7 Å². The Labute approximate surface area is 152 Å². The number of ether oxygens (including phenoxy) is 1. The molecule has 0 fully saturated rings. The summed E-state index contributed by atoms with van der Waals surface area (Å²) in [4.78, 5) is 15.3. The molecule has 0 heterocycles. The predicted octanol–water partition coefficient (Wildman–Crippen LogP) is 2.91. The molecular formula is C19H23FN4O2. The van der Waals surface area contributed by atoms with E-state index in [4.69, 9.17) is 0 Å². The number of aliphatic imine (C=N–C) groups is 1. The van der Waals surface area contributed by atoms with Crippen molar-refractivity contribution in [1.29, 1.82) is 0 Å². The van der Waals surface area contributed by atoms with Gasteiger partial charge >= 0.3 is 6.09 Å². The second-order valence-corrected chi connectivity index (χ2v) is 5.55. The quantitative estimate of drug-likeness (QED) is 0.548. The van der Waals surface area contributed by atoms with Gasteiger partial charge < -0.3 is 15.4 Å². The summed E-state index contributed by atoms with van der Waals surface area (Å²) in [7, 11) is 3.02. The highest BCUT2D eigenvalue weighted by Gasteiger charge is 2.02. The minimum atomic E-state index is -0.501. The molecule has 0 aliphatic carbocycles. The first-order valence-electron chi connectivity index (χ1n) is 8.23. The van der Waals surface area contributed by atoms with Crippen molar-refractivity contribution in [2.24, 2.45) is 4.99 Å². The molecule has 0 aliphatic heterocycles. The average Bonchev–Trinajstić information content (AvgIpc) is 2.65. The van der Waals surface area contributed by atoms with Crippen molar-refractivity contribution in [3.63, 3.8) is 0 Å². The second kappa shape index (κ2) is 10.0. The summed E-state index contributed by atoms with van der Waals surface area (Å²) in [6, 6.07) is 14.0. The molecule has 6 nitrogen and oxygen atoms in total. The molecule has 26 heavy (non-hydrogen) atoms. The van der Waals surface area contributed by atoms with E-state index in [-0.39, 0.29) is 5.82 Å². The van der Waals surface area contributed by atoms with Gasteiger partial charge in [-0.1, -0.05) is 24.3 Å². The van der Waals surface area contributed by atoms with Crippen molar-refractivity contribution in [2.45, 2.75) is 13.0 Å². The maximum Gasteiger partial charge on any atom is 0.411 e. The van der Waals surface area contributed by atoms with E-state index >= 15 is 0 Å². The number of methoxy groups -OCH3 is 1. The number of hydrogen-bond acceptors (Lipinski definition) is 3. The van der Waals surface area contributed by atoms with Gasteiger partial charge in [-0.05, 0) is 41.8 Å². The first-order valence-corrected chi connectivity index (χ1v) is 8.23. The first kappa shape index (κ1) is 19.2. The van der Waals surface area contributed by atoms with Crippen LogP contribution in [-0.4, -0.2) is 32.8 Å². The number of halogens is 1. The SMILES string of the molecule is CN=C(NCCc1cccc(F)c1)NCc1ccc(NC(=O)OC)cc1. The molecule has 2 rings (SSSR count). The van der Waals surface area contributed by atoms with Gasteiger partial charge in [-0.2, -0.15) is 0 Å². The normalized spacial score (nSPS) is 11.0. The van der Waals surface area contributed by atoms with Crippen LogP contribution in [-0.2, 0) is 17.7 Å². The van der Waals surface area contributed by atoms with Gasteiger partial charge in [0.05, 0.1) is 7.11 Å². The average molecular weight is 358 g/mol. The number of carbonyl (C=O) groups excluding carboxylic acids is 1. The summed E-state index contributed by atoms with van der Waals surface area (Å²) in [5, 5.41) is 9.00. The van der Waals surface area contributed by atoms with Crippen LogP contribution in [0.4, 0.5) is 14.9 Å². The largest absolute Gasteiger partial charge is 0.453 e. The van der Waals surface area contributed by atoms with E-state index in [9.17, 15) is 9.18 Å². The minimum Gasteiger partial charge on any atom is -0.453 e. The van der Waals surface area contributed by atoms with E-state index in [0.717, 1.165) is 11.1 Å². The Morgan fingerprint density at radius 1 is 1.12 bits per heavy atom. The summed E-state index contributed by atoms with van der Waals surface area (Å²) >= 11 is 0. The van der Waals surface area contributed by atoms with Gasteiger partial charge in [0.25, 0.3) is 0 Å². The van der Waals surface area contributed by atoms with E-state index in [1.807, 2.05) is 18.2 Å². The van der Waals surface area contributed by atoms with E-state index in [2.05, 4.69) is 25.7 Å². The summed E-state index contributed by atoms with van der Waals surface area (Å²) in [5.74, 6) is 0.438. The van der Waals surface area contributed by atoms with Gasteiger partial charge in [-0.25, -0.2) is 9.18 Å². The number of anilines is 1. The zero-order valence-electron chi connectivity index (χ0n) is 14.9. The monoisotopic (exact) mass is 358 g/mol. The maximum absolute atomic E-state index is 13.2. The molecule has 138 valence electrons. The fourth-order valence-corrected chi connectivity index (χ4v) is 2.30. The number of rotatable bonds is 6. The number of benzene rings is 2. The summed E-state index contributed by atoms with van der Waals surface area (Å²) in [6.45, 7) is 1.23. The second-order valence-electron chi connectivity index (χ2n) is 5.55. The van der Waals surface area contributed by atoms with Crippen molar-refractivity contribution in [1.82, 2.24) is 10.6 Å². The lowest BCUT2D eigenvalue weighted by Crippen LogP contribution is -2.37. The standard InChI is InChI=1S/C19H23FN4O2/c1-21-18(22-11-10-14-4-3-5-16(20)12-14)23-13-15-6-8-17(9-7-15)24-19(25)26-2/h3-9,12H,10-11,13H2,1-2H3,(H,24,25)(H2,21,22,23). The van der Waals surface area contributed by atoms with Gasteiger partial charge in [-0.3, -0.25) is 10.3 Å². The highest BCUT2D eigenvalue weighted by molar-refractivity contribution is 5.84. The fourth-order valence-electron chi connectivity index (χ4n) is 2.30. The molecule has 0 aromatic heterocycles. The molecule has 2 aromatic rings. The van der Waals surface area contributed by atoms with Crippen LogP contribution < -0.4 is 16.0 Å². The lowest BCUT2D eigenvalue weighted by molar-refractivity contribution is 0.187. The third kappa shape index (κ3) is 6.43. The van der Waals surface area contributed by atoms with E-state index in [0.29, 0.717) is 31.2 Å². The van der Waals surface area contributed by atoms with Crippen molar-refractivity contribution in [2.75, 3.05) is 26.0 Å². The number of amides is 1. The molecule has 0 spiro atoms. The van der Waals surface area contributed by atoms with Crippen LogP contribution in [0.25, 0.3) is 0 Å². The molecule has 0 saturated carbocycles. The van der Waals surface area contributed by atoms with Gasteiger partial charge in [-0.15, -0.1) is 0 Å². The fraction of sp³-hybridized carbons (Fsp3) is 0.263. The van der Waals surface area contributed by atoms with Crippen LogP contribution in [0.1, 0.15) is 11.1 Å². The minimum absolute atomic E-state index is 0.227. The molecule has 0 saturated heterocycles. The van der Waals surface area contributed by atoms with Crippen molar-refractivity contribution < 1.29 is 13.9 Å². The molecule has 0 unspecified atom stereocenters. The number of nitrogens with one attached hydrogen (secondary N) is 3. The lowest BCUT2D eigenvalue weighted by Gasteiger charge is -2.12. The Balaban J connectivity index is 1.76. The third-order valence-electron chi connectivity index (χ3n) is 3.66. The Morgan fingerprint density at radius 3 is 2.54 bits per heavy atom. The van der Waals surface area contributed by atoms with Gasteiger partial charge in [0, 0.05) is 25.8 Å². The highest BCUT2D eigenvalue weighted by Crippen LogP contribution is 2.09. The molecule has 7 heteroatoms. The Bertz CT molecular complexity index is 747.